The van der Waals surface area contributed by atoms with E-state index in [1.165, 1.54) is 30.3 Å². The molecule has 0 heterocycles. The molecule has 0 radical (unpaired) electrons. The van der Waals surface area contributed by atoms with Gasteiger partial charge in [-0.05, 0) is 52.3 Å². The second-order valence-electron chi connectivity index (χ2n) is 9.92. The Morgan fingerprint density at radius 1 is 0.848 bits per heavy atom. The maximum Gasteiger partial charge on any atom is 0.251 e. The number of hydrogen-bond donors (Lipinski definition) is 2. The molecule has 0 aliphatic heterocycles. The molecular formula is C23H30BrF2N3O2Si2. The Bertz CT molecular complexity index is 1050. The Morgan fingerprint density at radius 3 is 1.67 bits per heavy atom. The Kier molecular flexibility index (Phi) is 10.6. The molecule has 2 amide bonds. The van der Waals surface area contributed by atoms with E-state index in [4.69, 9.17) is 5.26 Å². The maximum atomic E-state index is 13.1. The van der Waals surface area contributed by atoms with Crippen LogP contribution in [0.5, 0.6) is 0 Å². The third kappa shape index (κ3) is 10.9. The van der Waals surface area contributed by atoms with Gasteiger partial charge in [-0.1, -0.05) is 39.3 Å². The predicted molar refractivity (Wildman–Crippen MR) is 137 cm³/mol. The lowest BCUT2D eigenvalue weighted by atomic mass is 10.1. The summed E-state index contributed by atoms with van der Waals surface area (Å²) in [5.41, 5.74) is 0.693. The molecule has 178 valence electrons. The van der Waals surface area contributed by atoms with Crippen LogP contribution in [0.15, 0.2) is 40.9 Å². The van der Waals surface area contributed by atoms with E-state index < -0.39 is 22.0 Å². The zero-order chi connectivity index (χ0) is 25.4. The Morgan fingerprint density at radius 2 is 1.27 bits per heavy atom. The van der Waals surface area contributed by atoms with E-state index >= 15 is 0 Å². The fourth-order valence-corrected chi connectivity index (χ4v) is 4.05. The molecule has 0 aromatic heterocycles. The summed E-state index contributed by atoms with van der Waals surface area (Å²) in [5.74, 6) is -1.37. The zero-order valence-electron chi connectivity index (χ0n) is 19.8. The van der Waals surface area contributed by atoms with Crippen molar-refractivity contribution in [1.82, 2.24) is 10.6 Å². The number of halogens is 3. The highest BCUT2D eigenvalue weighted by Crippen LogP contribution is 2.16. The minimum atomic E-state index is -1.36. The lowest BCUT2D eigenvalue weighted by Gasteiger charge is -2.16. The van der Waals surface area contributed by atoms with Gasteiger partial charge in [-0.25, -0.2) is 8.78 Å². The predicted octanol–water partition coefficient (Wildman–Crippen LogP) is 5.50. The van der Waals surface area contributed by atoms with E-state index in [1.54, 1.807) is 6.07 Å². The van der Waals surface area contributed by atoms with Crippen LogP contribution in [0.2, 0.25) is 39.3 Å². The number of nitrogens with one attached hydrogen (secondary N) is 2. The van der Waals surface area contributed by atoms with E-state index in [1.807, 2.05) is 0 Å². The average Bonchev–Trinajstić information content (AvgIpc) is 2.72. The molecule has 0 saturated heterocycles. The second-order valence-corrected chi connectivity index (χ2v) is 21.7. The summed E-state index contributed by atoms with van der Waals surface area (Å²) in [6, 6.07) is 9.78. The first-order valence-electron chi connectivity index (χ1n) is 10.3. The maximum absolute atomic E-state index is 13.1. The van der Waals surface area contributed by atoms with Crippen LogP contribution in [0.1, 0.15) is 26.3 Å². The van der Waals surface area contributed by atoms with Gasteiger partial charge in [-0.15, -0.1) is 0 Å². The SMILES string of the molecule is C[Si](C)(C)CNC(=O)c1ccc(F)c(Br)c1.C[Si](C)(C)CNC(=O)c1ccc(F)c(C#N)c1. The topological polar surface area (TPSA) is 82.0 Å². The summed E-state index contributed by atoms with van der Waals surface area (Å²) in [4.78, 5) is 23.5. The molecule has 2 rings (SSSR count). The first kappa shape index (κ1) is 28.7. The molecule has 2 aromatic rings. The molecule has 0 fully saturated rings. The molecule has 0 spiro atoms. The highest BCUT2D eigenvalue weighted by molar-refractivity contribution is 9.10. The van der Waals surface area contributed by atoms with Gasteiger partial charge in [0.05, 0.1) is 26.2 Å². The highest BCUT2D eigenvalue weighted by Gasteiger charge is 2.17. The smallest absolute Gasteiger partial charge is 0.251 e. The third-order valence-electron chi connectivity index (χ3n) is 4.09. The first-order chi connectivity index (χ1) is 15.1. The summed E-state index contributed by atoms with van der Waals surface area (Å²) in [6.45, 7) is 12.9. The van der Waals surface area contributed by atoms with Gasteiger partial charge in [0.15, 0.2) is 0 Å². The number of rotatable bonds is 6. The van der Waals surface area contributed by atoms with Crippen molar-refractivity contribution in [2.75, 3.05) is 12.3 Å². The fourth-order valence-electron chi connectivity index (χ4n) is 2.28. The van der Waals surface area contributed by atoms with Crippen LogP contribution in [0.4, 0.5) is 8.78 Å². The zero-order valence-corrected chi connectivity index (χ0v) is 23.4. The molecule has 0 atom stereocenters. The van der Waals surface area contributed by atoms with E-state index in [-0.39, 0.29) is 23.2 Å². The summed E-state index contributed by atoms with van der Waals surface area (Å²) in [6.07, 6.45) is 1.38. The van der Waals surface area contributed by atoms with Crippen molar-refractivity contribution in [2.24, 2.45) is 0 Å². The molecule has 10 heteroatoms. The van der Waals surface area contributed by atoms with Gasteiger partial charge in [0.25, 0.3) is 11.8 Å². The summed E-state index contributed by atoms with van der Waals surface area (Å²) in [5, 5.41) is 14.3. The minimum absolute atomic E-state index is 0.106. The number of nitrogens with zero attached hydrogens (tertiary/aromatic N) is 1. The van der Waals surface area contributed by atoms with Gasteiger partial charge in [-0.3, -0.25) is 9.59 Å². The van der Waals surface area contributed by atoms with Crippen molar-refractivity contribution in [3.8, 4) is 6.07 Å². The van der Waals surface area contributed by atoms with Gasteiger partial charge in [0, 0.05) is 23.5 Å². The standard InChI is InChI=1S/C12H15FN2OSi.C11H15BrFNOSi/c1-17(2,3)8-15-12(16)9-4-5-11(13)10(6-9)7-14;1-16(2,3)7-14-11(15)8-4-5-10(13)9(12)6-8/h4-6H,8H2,1-3H3,(H,15,16);4-6H,7H2,1-3H3,(H,14,15). The highest BCUT2D eigenvalue weighted by atomic mass is 79.9. The van der Waals surface area contributed by atoms with Crippen molar-refractivity contribution in [1.29, 1.82) is 5.26 Å². The van der Waals surface area contributed by atoms with Gasteiger partial charge in [0.1, 0.15) is 17.7 Å². The molecule has 0 bridgehead atoms. The third-order valence-corrected chi connectivity index (χ3v) is 7.17. The van der Waals surface area contributed by atoms with Crippen LogP contribution in [-0.2, 0) is 0 Å². The quantitative estimate of drug-likeness (QED) is 0.463. The lowest BCUT2D eigenvalue weighted by molar-refractivity contribution is 0.0951. The van der Waals surface area contributed by atoms with Gasteiger partial charge in [0.2, 0.25) is 0 Å². The van der Waals surface area contributed by atoms with Gasteiger partial charge < -0.3 is 10.6 Å². The molecule has 2 aromatic carbocycles. The van der Waals surface area contributed by atoms with E-state index in [0.717, 1.165) is 12.2 Å². The summed E-state index contributed by atoms with van der Waals surface area (Å²) < 4.78 is 26.3. The van der Waals surface area contributed by atoms with Crippen molar-refractivity contribution in [2.45, 2.75) is 39.3 Å². The van der Waals surface area contributed by atoms with Gasteiger partial charge >= 0.3 is 0 Å². The summed E-state index contributed by atoms with van der Waals surface area (Å²) >= 11 is 3.06. The normalized spacial score (nSPS) is 11.0. The lowest BCUT2D eigenvalue weighted by Crippen LogP contribution is -2.39. The minimum Gasteiger partial charge on any atom is -0.355 e. The molecule has 2 N–H and O–H groups in total. The van der Waals surface area contributed by atoms with Crippen molar-refractivity contribution < 1.29 is 18.4 Å². The second kappa shape index (κ2) is 12.2. The molecule has 33 heavy (non-hydrogen) atoms. The van der Waals surface area contributed by atoms with Crippen LogP contribution in [0.25, 0.3) is 0 Å². The summed E-state index contributed by atoms with van der Waals surface area (Å²) in [7, 11) is -2.65. The number of carbonyl (C=O) groups excluding carboxylic acids is 2. The Balaban J connectivity index is 0.000000331. The number of nitriles is 1. The average molecular weight is 555 g/mol. The molecule has 0 aliphatic carbocycles. The monoisotopic (exact) mass is 553 g/mol. The molecule has 0 unspecified atom stereocenters. The van der Waals surface area contributed by atoms with Gasteiger partial charge in [-0.2, -0.15) is 5.26 Å². The van der Waals surface area contributed by atoms with Crippen LogP contribution in [0, 0.1) is 23.0 Å². The Labute approximate surface area is 204 Å². The van der Waals surface area contributed by atoms with Crippen LogP contribution in [0.3, 0.4) is 0 Å². The van der Waals surface area contributed by atoms with E-state index in [0.29, 0.717) is 21.8 Å². The number of amides is 2. The number of hydrogen-bond acceptors (Lipinski definition) is 3. The van der Waals surface area contributed by atoms with Crippen molar-refractivity contribution in [3.63, 3.8) is 0 Å². The van der Waals surface area contributed by atoms with Crippen LogP contribution < -0.4 is 10.6 Å². The van der Waals surface area contributed by atoms with Crippen LogP contribution >= 0.6 is 15.9 Å². The van der Waals surface area contributed by atoms with Crippen molar-refractivity contribution in [3.05, 3.63) is 69.2 Å². The number of benzene rings is 2. The van der Waals surface area contributed by atoms with E-state index in [9.17, 15) is 18.4 Å². The molecule has 5 nitrogen and oxygen atoms in total. The molecular weight excluding hydrogens is 524 g/mol. The number of carbonyl (C=O) groups is 2. The van der Waals surface area contributed by atoms with E-state index in [2.05, 4.69) is 65.8 Å². The largest absolute Gasteiger partial charge is 0.355 e. The molecule has 0 saturated carbocycles. The van der Waals surface area contributed by atoms with Crippen LogP contribution in [-0.4, -0.2) is 40.3 Å². The fraction of sp³-hybridized carbons (Fsp3) is 0.348. The molecule has 0 aliphatic rings. The first-order valence-corrected chi connectivity index (χ1v) is 18.5. The Hall–Kier alpha value is -2.36. The van der Waals surface area contributed by atoms with Crippen molar-refractivity contribution >= 4 is 43.9 Å².